The average molecular weight is 307 g/mol. The van der Waals surface area contributed by atoms with Crippen molar-refractivity contribution in [1.29, 1.82) is 0 Å². The van der Waals surface area contributed by atoms with Gasteiger partial charge in [0.1, 0.15) is 0 Å². The number of hydrogen-bond donors (Lipinski definition) is 2. The van der Waals surface area contributed by atoms with Crippen LogP contribution in [-0.2, 0) is 11.8 Å². The third kappa shape index (κ3) is 2.41. The van der Waals surface area contributed by atoms with Gasteiger partial charge in [0.25, 0.3) is 0 Å². The molecule has 116 valence electrons. The van der Waals surface area contributed by atoms with Gasteiger partial charge >= 0.3 is 11.9 Å². The summed E-state index contributed by atoms with van der Waals surface area (Å²) in [5, 5.41) is 18.6. The standard InChI is InChI=1S/C15H14FNO5/c1-7-8(15(21)22-3)5-12(17(7)2)9-4-11(16)13(18)6-10(9)14(19)20/h4-6,18H,1-3H3,(H,19,20). The summed E-state index contributed by atoms with van der Waals surface area (Å²) < 4.78 is 19.8. The van der Waals surface area contributed by atoms with Crippen molar-refractivity contribution in [3.8, 4) is 17.0 Å². The van der Waals surface area contributed by atoms with Crippen molar-refractivity contribution in [1.82, 2.24) is 4.57 Å². The van der Waals surface area contributed by atoms with Gasteiger partial charge in [-0.2, -0.15) is 0 Å². The van der Waals surface area contributed by atoms with Crippen LogP contribution >= 0.6 is 0 Å². The van der Waals surface area contributed by atoms with Gasteiger partial charge in [-0.15, -0.1) is 0 Å². The third-order valence-corrected chi connectivity index (χ3v) is 3.53. The summed E-state index contributed by atoms with van der Waals surface area (Å²) in [5.41, 5.74) is 0.921. The van der Waals surface area contributed by atoms with E-state index in [9.17, 15) is 24.2 Å². The molecule has 2 N–H and O–H groups in total. The number of carboxylic acid groups (broad SMARTS) is 1. The van der Waals surface area contributed by atoms with Crippen molar-refractivity contribution in [2.45, 2.75) is 6.92 Å². The summed E-state index contributed by atoms with van der Waals surface area (Å²) in [6.07, 6.45) is 0. The van der Waals surface area contributed by atoms with E-state index in [1.165, 1.54) is 13.2 Å². The summed E-state index contributed by atoms with van der Waals surface area (Å²) in [6.45, 7) is 1.66. The van der Waals surface area contributed by atoms with Crippen molar-refractivity contribution in [3.63, 3.8) is 0 Å². The minimum Gasteiger partial charge on any atom is -0.505 e. The predicted octanol–water partition coefficient (Wildman–Crippen LogP) is 2.33. The second kappa shape index (κ2) is 5.51. The lowest BCUT2D eigenvalue weighted by Crippen LogP contribution is -2.04. The highest BCUT2D eigenvalue weighted by Crippen LogP contribution is 2.32. The Hall–Kier alpha value is -2.83. The molecule has 0 fully saturated rings. The first kappa shape index (κ1) is 15.6. The lowest BCUT2D eigenvalue weighted by molar-refractivity contribution is 0.0599. The van der Waals surface area contributed by atoms with Crippen LogP contribution in [0.2, 0.25) is 0 Å². The highest BCUT2D eigenvalue weighted by molar-refractivity contribution is 5.98. The normalized spacial score (nSPS) is 10.5. The SMILES string of the molecule is COC(=O)c1cc(-c2cc(F)c(O)cc2C(=O)O)n(C)c1C. The van der Waals surface area contributed by atoms with E-state index in [0.717, 1.165) is 12.1 Å². The van der Waals surface area contributed by atoms with Gasteiger partial charge in [0.2, 0.25) is 0 Å². The van der Waals surface area contributed by atoms with Gasteiger partial charge in [-0.1, -0.05) is 0 Å². The molecule has 1 aromatic heterocycles. The van der Waals surface area contributed by atoms with Crippen LogP contribution in [0.1, 0.15) is 26.4 Å². The predicted molar refractivity (Wildman–Crippen MR) is 75.5 cm³/mol. The molecule has 6 nitrogen and oxygen atoms in total. The highest BCUT2D eigenvalue weighted by Gasteiger charge is 2.22. The number of hydrogen-bond acceptors (Lipinski definition) is 4. The van der Waals surface area contributed by atoms with E-state index >= 15 is 0 Å². The van der Waals surface area contributed by atoms with Crippen LogP contribution in [-0.4, -0.2) is 33.8 Å². The number of esters is 1. The zero-order valence-corrected chi connectivity index (χ0v) is 12.2. The van der Waals surface area contributed by atoms with Gasteiger partial charge in [0.05, 0.1) is 18.2 Å². The van der Waals surface area contributed by atoms with Crippen molar-refractivity contribution in [2.75, 3.05) is 7.11 Å². The lowest BCUT2D eigenvalue weighted by Gasteiger charge is -2.10. The molecule has 0 aliphatic rings. The molecule has 0 unspecified atom stereocenters. The van der Waals surface area contributed by atoms with Gasteiger partial charge in [0.15, 0.2) is 11.6 Å². The number of rotatable bonds is 3. The van der Waals surface area contributed by atoms with Gasteiger partial charge in [-0.3, -0.25) is 0 Å². The van der Waals surface area contributed by atoms with Crippen LogP contribution in [0.5, 0.6) is 5.75 Å². The Morgan fingerprint density at radius 3 is 2.41 bits per heavy atom. The van der Waals surface area contributed by atoms with Crippen LogP contribution in [0, 0.1) is 12.7 Å². The molecule has 0 amide bonds. The summed E-state index contributed by atoms with van der Waals surface area (Å²) in [7, 11) is 2.85. The van der Waals surface area contributed by atoms with E-state index in [1.54, 1.807) is 18.5 Å². The molecule has 0 aliphatic heterocycles. The molecule has 0 spiro atoms. The molecule has 1 heterocycles. The smallest absolute Gasteiger partial charge is 0.339 e. The topological polar surface area (TPSA) is 88.8 Å². The Balaban J connectivity index is 2.74. The maximum absolute atomic E-state index is 13.6. The van der Waals surface area contributed by atoms with E-state index in [1.807, 2.05) is 0 Å². The molecule has 1 aromatic carbocycles. The number of benzene rings is 1. The first-order chi connectivity index (χ1) is 10.3. The number of aromatic carboxylic acids is 1. The molecular formula is C15H14FNO5. The molecule has 22 heavy (non-hydrogen) atoms. The van der Waals surface area contributed by atoms with Gasteiger partial charge < -0.3 is 19.5 Å². The summed E-state index contributed by atoms with van der Waals surface area (Å²) in [5.74, 6) is -3.59. The average Bonchev–Trinajstić information content (AvgIpc) is 2.77. The van der Waals surface area contributed by atoms with Crippen LogP contribution in [0.3, 0.4) is 0 Å². The first-order valence-corrected chi connectivity index (χ1v) is 6.28. The number of aromatic nitrogens is 1. The van der Waals surface area contributed by atoms with E-state index in [0.29, 0.717) is 11.4 Å². The minimum absolute atomic E-state index is 0.0588. The Bertz CT molecular complexity index is 779. The van der Waals surface area contributed by atoms with E-state index in [2.05, 4.69) is 4.74 Å². The largest absolute Gasteiger partial charge is 0.505 e. The van der Waals surface area contributed by atoms with Crippen LogP contribution in [0.4, 0.5) is 4.39 Å². The Morgan fingerprint density at radius 1 is 1.23 bits per heavy atom. The number of aromatic hydroxyl groups is 1. The Kier molecular flexibility index (Phi) is 3.90. The van der Waals surface area contributed by atoms with Gasteiger partial charge in [0, 0.05) is 24.0 Å². The molecule has 7 heteroatoms. The monoisotopic (exact) mass is 307 g/mol. The van der Waals surface area contributed by atoms with Crippen molar-refractivity contribution in [3.05, 3.63) is 40.8 Å². The van der Waals surface area contributed by atoms with Crippen LogP contribution in [0.25, 0.3) is 11.3 Å². The molecular weight excluding hydrogens is 293 g/mol. The number of methoxy groups -OCH3 is 1. The third-order valence-electron chi connectivity index (χ3n) is 3.53. The van der Waals surface area contributed by atoms with E-state index in [4.69, 9.17) is 0 Å². The Labute approximate surface area is 125 Å². The molecule has 0 saturated heterocycles. The maximum Gasteiger partial charge on any atom is 0.339 e. The number of phenolic OH excluding ortho intramolecular Hbond substituents is 1. The number of ether oxygens (including phenoxy) is 1. The molecule has 0 bridgehead atoms. The Morgan fingerprint density at radius 2 is 1.86 bits per heavy atom. The fourth-order valence-electron chi connectivity index (χ4n) is 2.23. The summed E-state index contributed by atoms with van der Waals surface area (Å²) >= 11 is 0. The number of carbonyl (C=O) groups excluding carboxylic acids is 1. The second-order valence-corrected chi connectivity index (χ2v) is 4.73. The second-order valence-electron chi connectivity index (χ2n) is 4.73. The highest BCUT2D eigenvalue weighted by atomic mass is 19.1. The van der Waals surface area contributed by atoms with Crippen LogP contribution < -0.4 is 0 Å². The molecule has 0 radical (unpaired) electrons. The summed E-state index contributed by atoms with van der Waals surface area (Å²) in [6, 6.07) is 3.20. The van der Waals surface area contributed by atoms with Gasteiger partial charge in [-0.05, 0) is 25.1 Å². The zero-order valence-electron chi connectivity index (χ0n) is 12.2. The fourth-order valence-corrected chi connectivity index (χ4v) is 2.23. The number of carboxylic acids is 1. The molecule has 2 rings (SSSR count). The van der Waals surface area contributed by atoms with Crippen molar-refractivity contribution in [2.24, 2.45) is 7.05 Å². The van der Waals surface area contributed by atoms with E-state index < -0.39 is 23.5 Å². The molecule has 0 aliphatic carbocycles. The molecule has 2 aromatic rings. The lowest BCUT2D eigenvalue weighted by atomic mass is 10.0. The van der Waals surface area contributed by atoms with Crippen molar-refractivity contribution < 1.29 is 28.9 Å². The number of nitrogens with zero attached hydrogens (tertiary/aromatic N) is 1. The number of carbonyl (C=O) groups is 2. The number of halogens is 1. The molecule has 0 atom stereocenters. The summed E-state index contributed by atoms with van der Waals surface area (Å²) in [4.78, 5) is 23.0. The van der Waals surface area contributed by atoms with E-state index in [-0.39, 0.29) is 16.7 Å². The van der Waals surface area contributed by atoms with Crippen LogP contribution in [0.15, 0.2) is 18.2 Å². The minimum atomic E-state index is -1.32. The fraction of sp³-hybridized carbons (Fsp3) is 0.200. The quantitative estimate of drug-likeness (QED) is 0.850. The van der Waals surface area contributed by atoms with Crippen molar-refractivity contribution >= 4 is 11.9 Å². The maximum atomic E-state index is 13.6. The molecule has 0 saturated carbocycles. The number of phenols is 1. The van der Waals surface area contributed by atoms with Gasteiger partial charge in [-0.25, -0.2) is 14.0 Å². The zero-order chi connectivity index (χ0) is 16.6. The first-order valence-electron chi connectivity index (χ1n) is 6.28.